The third-order valence-corrected chi connectivity index (χ3v) is 4.40. The van der Waals surface area contributed by atoms with Crippen molar-refractivity contribution in [1.82, 2.24) is 4.57 Å². The van der Waals surface area contributed by atoms with Crippen molar-refractivity contribution in [3.63, 3.8) is 0 Å². The average molecular weight is 359 g/mol. The van der Waals surface area contributed by atoms with E-state index in [9.17, 15) is 20.0 Å². The van der Waals surface area contributed by atoms with E-state index in [2.05, 4.69) is 5.32 Å². The Hall–Kier alpha value is -3.05. The smallest absolute Gasteiger partial charge is 0.351 e. The molecule has 0 atom stereocenters. The fraction of sp³-hybridized carbons (Fsp3) is 0.235. The number of phenols is 1. The monoisotopic (exact) mass is 359 g/mol. The second kappa shape index (κ2) is 8.17. The van der Waals surface area contributed by atoms with Gasteiger partial charge in [0.05, 0.1) is 6.61 Å². The van der Waals surface area contributed by atoms with E-state index >= 15 is 0 Å². The summed E-state index contributed by atoms with van der Waals surface area (Å²) >= 11 is 1.04. The highest BCUT2D eigenvalue weighted by Gasteiger charge is 2.16. The molecule has 25 heavy (non-hydrogen) atoms. The van der Waals surface area contributed by atoms with Crippen molar-refractivity contribution in [1.29, 1.82) is 5.26 Å². The van der Waals surface area contributed by atoms with Crippen LogP contribution in [-0.2, 0) is 16.1 Å². The topological polar surface area (TPSA) is 104 Å². The van der Waals surface area contributed by atoms with Crippen molar-refractivity contribution >= 4 is 34.8 Å². The summed E-state index contributed by atoms with van der Waals surface area (Å²) in [5.74, 6) is -0.605. The third kappa shape index (κ3) is 4.08. The van der Waals surface area contributed by atoms with E-state index in [0.717, 1.165) is 11.3 Å². The standard InChI is InChI=1S/C17H17N3O4S/c1-3-20-15(22)14(10-19-11-5-7-12(21)8-6-11)25-16(20)13(9-18)17(23)24-4-2/h5-8,10,19,21H,3-4H2,1-2H3/b14-10-,16-13-. The number of anilines is 1. The highest BCUT2D eigenvalue weighted by Crippen LogP contribution is 2.13. The lowest BCUT2D eigenvalue weighted by molar-refractivity contribution is -0.136. The van der Waals surface area contributed by atoms with Gasteiger partial charge in [-0.25, -0.2) is 4.79 Å². The number of aromatic hydroxyl groups is 1. The summed E-state index contributed by atoms with van der Waals surface area (Å²) in [5, 5.41) is 21.5. The molecule has 0 spiro atoms. The number of hydrogen-bond donors (Lipinski definition) is 2. The molecule has 0 bridgehead atoms. The Morgan fingerprint density at radius 3 is 2.64 bits per heavy atom. The number of carbonyl (C=O) groups is 1. The van der Waals surface area contributed by atoms with Crippen LogP contribution in [-0.4, -0.2) is 22.2 Å². The summed E-state index contributed by atoms with van der Waals surface area (Å²) in [5.41, 5.74) is 0.200. The molecule has 0 amide bonds. The Kier molecular flexibility index (Phi) is 5.98. The van der Waals surface area contributed by atoms with Gasteiger partial charge in [-0.05, 0) is 38.1 Å². The molecule has 0 aliphatic heterocycles. The van der Waals surface area contributed by atoms with Crippen molar-refractivity contribution in [3.8, 4) is 11.8 Å². The van der Waals surface area contributed by atoms with Gasteiger partial charge in [0.25, 0.3) is 5.56 Å². The van der Waals surface area contributed by atoms with Crippen LogP contribution in [0.1, 0.15) is 13.8 Å². The second-order valence-corrected chi connectivity index (χ2v) is 5.89. The quantitative estimate of drug-likeness (QED) is 0.602. The molecule has 130 valence electrons. The van der Waals surface area contributed by atoms with Gasteiger partial charge in [-0.3, -0.25) is 9.36 Å². The van der Waals surface area contributed by atoms with E-state index in [1.807, 2.05) is 6.07 Å². The molecule has 2 rings (SSSR count). The average Bonchev–Trinajstić information content (AvgIpc) is 2.91. The van der Waals surface area contributed by atoms with Crippen LogP contribution in [0.25, 0.3) is 11.8 Å². The van der Waals surface area contributed by atoms with Gasteiger partial charge >= 0.3 is 5.97 Å². The van der Waals surface area contributed by atoms with Gasteiger partial charge in [-0.15, -0.1) is 11.3 Å². The van der Waals surface area contributed by atoms with Crippen LogP contribution >= 0.6 is 11.3 Å². The number of nitrogens with zero attached hydrogens (tertiary/aromatic N) is 2. The summed E-state index contributed by atoms with van der Waals surface area (Å²) in [6, 6.07) is 8.18. The molecule has 7 nitrogen and oxygen atoms in total. The van der Waals surface area contributed by atoms with Gasteiger partial charge in [-0.2, -0.15) is 5.26 Å². The lowest BCUT2D eigenvalue weighted by atomic mass is 10.3. The van der Waals surface area contributed by atoms with Gasteiger partial charge < -0.3 is 15.2 Å². The minimum atomic E-state index is -0.744. The van der Waals surface area contributed by atoms with Crippen LogP contribution in [0.5, 0.6) is 5.75 Å². The summed E-state index contributed by atoms with van der Waals surface area (Å²) in [4.78, 5) is 24.4. The molecule has 1 aromatic carbocycles. The van der Waals surface area contributed by atoms with E-state index in [0.29, 0.717) is 16.8 Å². The molecule has 0 fully saturated rings. The molecule has 0 radical (unpaired) electrons. The summed E-state index contributed by atoms with van der Waals surface area (Å²) < 4.78 is 6.87. The number of phenolic OH excluding ortho intramolecular Hbond substituents is 1. The molecule has 1 heterocycles. The van der Waals surface area contributed by atoms with Crippen LogP contribution in [0.15, 0.2) is 29.1 Å². The van der Waals surface area contributed by atoms with Gasteiger partial charge in [0.2, 0.25) is 0 Å². The number of nitrogens with one attached hydrogen (secondary N) is 1. The highest BCUT2D eigenvalue weighted by molar-refractivity contribution is 7.07. The Labute approximate surface area is 147 Å². The third-order valence-electron chi connectivity index (χ3n) is 3.27. The predicted molar refractivity (Wildman–Crippen MR) is 95.4 cm³/mol. The molecule has 2 N–H and O–H groups in total. The molecule has 2 aromatic rings. The lowest BCUT2D eigenvalue weighted by Gasteiger charge is -2.00. The molecule has 0 aliphatic rings. The van der Waals surface area contributed by atoms with Gasteiger partial charge in [0, 0.05) is 18.4 Å². The van der Waals surface area contributed by atoms with Gasteiger partial charge in [-0.1, -0.05) is 0 Å². The van der Waals surface area contributed by atoms with Crippen LogP contribution in [0, 0.1) is 11.3 Å². The van der Waals surface area contributed by atoms with Crippen LogP contribution in [0.3, 0.4) is 0 Å². The summed E-state index contributed by atoms with van der Waals surface area (Å²) in [7, 11) is 0. The van der Waals surface area contributed by atoms with Crippen LogP contribution < -0.4 is 20.1 Å². The SMILES string of the molecule is CCOC(=O)/C(C#N)=c1\s/c(=C\Nc2ccc(O)cc2)c(=O)n1CC. The number of ether oxygens (including phenoxy) is 1. The molecular formula is C17H17N3O4S. The van der Waals surface area contributed by atoms with Crippen molar-refractivity contribution in [2.24, 2.45) is 0 Å². The largest absolute Gasteiger partial charge is 0.508 e. The number of hydrogen-bond acceptors (Lipinski definition) is 7. The van der Waals surface area contributed by atoms with Crippen LogP contribution in [0.2, 0.25) is 0 Å². The maximum Gasteiger partial charge on any atom is 0.351 e. The minimum Gasteiger partial charge on any atom is -0.508 e. The first kappa shape index (κ1) is 18.3. The highest BCUT2D eigenvalue weighted by atomic mass is 32.1. The number of benzene rings is 1. The zero-order valence-electron chi connectivity index (χ0n) is 13.8. The fourth-order valence-electron chi connectivity index (χ4n) is 2.08. The Morgan fingerprint density at radius 2 is 2.08 bits per heavy atom. The van der Waals surface area contributed by atoms with E-state index in [1.54, 1.807) is 26.0 Å². The second-order valence-electron chi connectivity index (χ2n) is 4.86. The summed E-state index contributed by atoms with van der Waals surface area (Å²) in [6.45, 7) is 3.87. The molecule has 0 unspecified atom stereocenters. The van der Waals surface area contributed by atoms with Crippen molar-refractivity contribution in [3.05, 3.63) is 43.8 Å². The normalized spacial score (nSPS) is 12.4. The zero-order chi connectivity index (χ0) is 18.4. The molecule has 1 aromatic heterocycles. The Bertz CT molecular complexity index is 981. The number of carbonyl (C=O) groups excluding carboxylic acids is 1. The van der Waals surface area contributed by atoms with E-state index in [-0.39, 0.29) is 28.2 Å². The van der Waals surface area contributed by atoms with E-state index in [1.165, 1.54) is 22.9 Å². The number of thiazole rings is 1. The molecule has 0 saturated carbocycles. The maximum absolute atomic E-state index is 12.5. The van der Waals surface area contributed by atoms with E-state index in [4.69, 9.17) is 4.74 Å². The lowest BCUT2D eigenvalue weighted by Crippen LogP contribution is -2.32. The zero-order valence-corrected chi connectivity index (χ0v) is 14.6. The Morgan fingerprint density at radius 1 is 1.40 bits per heavy atom. The first-order valence-electron chi connectivity index (χ1n) is 7.58. The van der Waals surface area contributed by atoms with Crippen LogP contribution in [0.4, 0.5) is 5.69 Å². The molecule has 0 aliphatic carbocycles. The number of esters is 1. The minimum absolute atomic E-state index is 0.139. The predicted octanol–water partition coefficient (Wildman–Crippen LogP) is 0.723. The fourth-order valence-corrected chi connectivity index (χ4v) is 3.16. The summed E-state index contributed by atoms with van der Waals surface area (Å²) in [6.07, 6.45) is 1.51. The van der Waals surface area contributed by atoms with Gasteiger partial charge in [0.1, 0.15) is 21.0 Å². The number of aromatic nitrogens is 1. The maximum atomic E-state index is 12.5. The number of nitriles is 1. The van der Waals surface area contributed by atoms with Crippen molar-refractivity contribution < 1.29 is 14.6 Å². The molecular weight excluding hydrogens is 342 g/mol. The van der Waals surface area contributed by atoms with E-state index < -0.39 is 5.97 Å². The first-order chi connectivity index (χ1) is 12.0. The molecule has 8 heteroatoms. The first-order valence-corrected chi connectivity index (χ1v) is 8.40. The molecule has 0 saturated heterocycles. The van der Waals surface area contributed by atoms with Crippen molar-refractivity contribution in [2.75, 3.05) is 11.9 Å². The number of rotatable bonds is 5. The van der Waals surface area contributed by atoms with Gasteiger partial charge in [0.15, 0.2) is 5.57 Å². The Balaban J connectivity index is 2.55. The van der Waals surface area contributed by atoms with Crippen molar-refractivity contribution in [2.45, 2.75) is 20.4 Å².